The predicted molar refractivity (Wildman–Crippen MR) is 240 cm³/mol. The van der Waals surface area contributed by atoms with Gasteiger partial charge in [-0.1, -0.05) is 37.6 Å². The van der Waals surface area contributed by atoms with E-state index >= 15 is 0 Å². The van der Waals surface area contributed by atoms with E-state index in [0.29, 0.717) is 45.8 Å². The SMILES string of the molecule is CC(C)(c1ccc(OCc2ccnc(N3CC4(CCN(C5CCN(C6CN(c7ccc8c(c7)C(=O)N(C7CCC(=O)NC7=O)C8=O)C6)CC5)CC4)C3)n2)cc1)c1cc(Cl)cc(C#N)c1. The molecule has 0 saturated carbocycles. The van der Waals surface area contributed by atoms with Crippen LogP contribution in [0, 0.1) is 16.7 Å². The molecule has 7 heterocycles. The number of fused-ring (bicyclic) bond motifs is 1. The number of carbonyl (C=O) groups excluding carboxylic acids is 4. The molecule has 10 rings (SSSR count). The predicted octanol–water partition coefficient (Wildman–Crippen LogP) is 5.56. The standard InChI is InChI=1S/C49H52ClN9O5/c1-48(2,33-21-31(25-51)22-34(50)23-33)32-3-6-39(7-4-32)64-28-35-11-16-52-47(53-35)58-29-49(30-58)14-19-56(20-15-49)36-12-17-55(18-13-36)38-26-57(27-38)37-5-8-40-41(24-37)46(63)59(45(40)62)42-9-10-43(60)54-44(42)61/h3-8,11,16,21-24,36,38,42H,9-10,12-15,17-20,26-30H2,1-2H3,(H,54,60,61). The number of nitrogens with zero attached hydrogens (tertiary/aromatic N) is 8. The maximum atomic E-state index is 13.3. The van der Waals surface area contributed by atoms with Gasteiger partial charge in [0.2, 0.25) is 17.8 Å². The molecule has 0 radical (unpaired) electrons. The zero-order valence-electron chi connectivity index (χ0n) is 36.3. The molecule has 3 aromatic carbocycles. The molecule has 1 N–H and O–H groups in total. The van der Waals surface area contributed by atoms with Crippen molar-refractivity contribution in [2.24, 2.45) is 5.41 Å². The number of hydrogen-bond acceptors (Lipinski definition) is 12. The average Bonchev–Trinajstić information content (AvgIpc) is 3.52. The van der Waals surface area contributed by atoms with Crippen LogP contribution >= 0.6 is 11.6 Å². The van der Waals surface area contributed by atoms with Gasteiger partial charge in [0.1, 0.15) is 18.4 Å². The van der Waals surface area contributed by atoms with Crippen LogP contribution in [0.5, 0.6) is 5.75 Å². The minimum Gasteiger partial charge on any atom is -0.487 e. The first-order chi connectivity index (χ1) is 30.9. The van der Waals surface area contributed by atoms with Gasteiger partial charge in [-0.2, -0.15) is 5.26 Å². The molecule has 1 unspecified atom stereocenters. The van der Waals surface area contributed by atoms with Crippen LogP contribution in [0.3, 0.4) is 0 Å². The third kappa shape index (κ3) is 7.88. The summed E-state index contributed by atoms with van der Waals surface area (Å²) in [4.78, 5) is 71.0. The van der Waals surface area contributed by atoms with E-state index in [-0.39, 0.29) is 24.2 Å². The number of hydrogen-bond donors (Lipinski definition) is 1. The van der Waals surface area contributed by atoms with Gasteiger partial charge in [-0.25, -0.2) is 9.97 Å². The minimum atomic E-state index is -0.961. The number of piperidine rings is 3. The smallest absolute Gasteiger partial charge is 0.262 e. The Morgan fingerprint density at radius 2 is 1.55 bits per heavy atom. The quantitative estimate of drug-likeness (QED) is 0.198. The van der Waals surface area contributed by atoms with Gasteiger partial charge in [0, 0.05) is 85.5 Å². The second-order valence-corrected chi connectivity index (χ2v) is 19.5. The molecular formula is C49H52ClN9O5. The summed E-state index contributed by atoms with van der Waals surface area (Å²) in [6.45, 7) is 12.7. The zero-order chi connectivity index (χ0) is 44.3. The Labute approximate surface area is 378 Å². The lowest BCUT2D eigenvalue weighted by Crippen LogP contribution is -2.63. The van der Waals surface area contributed by atoms with Crippen LogP contribution in [0.25, 0.3) is 0 Å². The van der Waals surface area contributed by atoms with Crippen LogP contribution in [0.15, 0.2) is 72.9 Å². The zero-order valence-corrected chi connectivity index (χ0v) is 37.0. The highest BCUT2D eigenvalue weighted by Crippen LogP contribution is 2.43. The van der Waals surface area contributed by atoms with Gasteiger partial charge in [-0.15, -0.1) is 0 Å². The average molecular weight is 882 g/mol. The van der Waals surface area contributed by atoms with E-state index in [4.69, 9.17) is 21.3 Å². The second-order valence-electron chi connectivity index (χ2n) is 19.0. The van der Waals surface area contributed by atoms with E-state index < -0.39 is 23.8 Å². The van der Waals surface area contributed by atoms with Crippen molar-refractivity contribution in [3.63, 3.8) is 0 Å². The van der Waals surface area contributed by atoms with E-state index in [1.54, 1.807) is 18.2 Å². The number of halogens is 1. The van der Waals surface area contributed by atoms with E-state index in [2.05, 4.69) is 61.9 Å². The molecule has 1 aromatic heterocycles. The molecular weight excluding hydrogens is 830 g/mol. The molecule has 5 saturated heterocycles. The number of aromatic nitrogens is 2. The van der Waals surface area contributed by atoms with Gasteiger partial charge < -0.3 is 19.4 Å². The van der Waals surface area contributed by atoms with Crippen LogP contribution in [0.2, 0.25) is 5.02 Å². The highest BCUT2D eigenvalue weighted by molar-refractivity contribution is 6.30. The van der Waals surface area contributed by atoms with Crippen molar-refractivity contribution < 1.29 is 23.9 Å². The number of ether oxygens (including phenoxy) is 1. The van der Waals surface area contributed by atoms with Crippen LogP contribution in [0.1, 0.15) is 95.5 Å². The minimum absolute atomic E-state index is 0.101. The highest BCUT2D eigenvalue weighted by atomic mass is 35.5. The summed E-state index contributed by atoms with van der Waals surface area (Å²) in [7, 11) is 0. The molecule has 6 aliphatic heterocycles. The van der Waals surface area contributed by atoms with Gasteiger partial charge in [-0.3, -0.25) is 34.3 Å². The summed E-state index contributed by atoms with van der Waals surface area (Å²) in [5.74, 6) is -0.399. The first-order valence-corrected chi connectivity index (χ1v) is 22.8. The third-order valence-electron chi connectivity index (χ3n) is 14.8. The van der Waals surface area contributed by atoms with Crippen molar-refractivity contribution in [3.05, 3.63) is 111 Å². The van der Waals surface area contributed by atoms with E-state index in [0.717, 1.165) is 91.5 Å². The molecule has 0 bridgehead atoms. The number of imide groups is 2. The molecule has 14 nitrogen and oxygen atoms in total. The van der Waals surface area contributed by atoms with Crippen molar-refractivity contribution in [1.82, 2.24) is 30.0 Å². The lowest BCUT2D eigenvalue weighted by atomic mass is 9.71. The normalized spacial score (nSPS) is 22.0. The lowest BCUT2D eigenvalue weighted by Gasteiger charge is -2.55. The molecule has 4 amide bonds. The number of benzene rings is 3. The Kier molecular flexibility index (Phi) is 10.9. The van der Waals surface area contributed by atoms with E-state index in [1.807, 2.05) is 42.6 Å². The Morgan fingerprint density at radius 1 is 0.828 bits per heavy atom. The van der Waals surface area contributed by atoms with Crippen LogP contribution in [0.4, 0.5) is 11.6 Å². The summed E-state index contributed by atoms with van der Waals surface area (Å²) in [6.07, 6.45) is 6.78. The molecule has 4 aromatic rings. The lowest BCUT2D eigenvalue weighted by molar-refractivity contribution is -0.136. The first kappa shape index (κ1) is 42.1. The maximum Gasteiger partial charge on any atom is 0.262 e. The van der Waals surface area contributed by atoms with Gasteiger partial charge in [0.15, 0.2) is 0 Å². The molecule has 64 heavy (non-hydrogen) atoms. The number of nitriles is 1. The van der Waals surface area contributed by atoms with E-state index in [9.17, 15) is 24.4 Å². The largest absolute Gasteiger partial charge is 0.487 e. The Hall–Kier alpha value is -5.88. The number of nitrogens with one attached hydrogen (secondary N) is 1. The first-order valence-electron chi connectivity index (χ1n) is 22.5. The van der Waals surface area contributed by atoms with Gasteiger partial charge in [0.25, 0.3) is 11.8 Å². The number of carbonyl (C=O) groups is 4. The fraction of sp³-hybridized carbons (Fsp3) is 0.449. The number of anilines is 2. The summed E-state index contributed by atoms with van der Waals surface area (Å²) in [6, 6.07) is 23.2. The van der Waals surface area contributed by atoms with Crippen LogP contribution in [-0.4, -0.2) is 119 Å². The fourth-order valence-corrected chi connectivity index (χ4v) is 10.9. The van der Waals surface area contributed by atoms with Crippen LogP contribution < -0.4 is 19.9 Å². The van der Waals surface area contributed by atoms with Crippen LogP contribution in [-0.2, 0) is 21.6 Å². The molecule has 1 atom stereocenters. The summed E-state index contributed by atoms with van der Waals surface area (Å²) < 4.78 is 6.16. The summed E-state index contributed by atoms with van der Waals surface area (Å²) >= 11 is 6.31. The molecule has 5 fully saturated rings. The molecule has 1 spiro atoms. The molecule has 0 aliphatic carbocycles. The van der Waals surface area contributed by atoms with Crippen molar-refractivity contribution in [1.29, 1.82) is 5.26 Å². The fourth-order valence-electron chi connectivity index (χ4n) is 10.7. The highest BCUT2D eigenvalue weighted by Gasteiger charge is 2.48. The van der Waals surface area contributed by atoms with Crippen molar-refractivity contribution in [2.45, 2.75) is 82.5 Å². The Balaban J connectivity index is 0.655. The van der Waals surface area contributed by atoms with Crippen molar-refractivity contribution >= 4 is 46.9 Å². The Morgan fingerprint density at radius 3 is 2.27 bits per heavy atom. The number of likely N-dealkylation sites (tertiary alicyclic amines) is 2. The summed E-state index contributed by atoms with van der Waals surface area (Å²) in [5, 5.41) is 12.2. The Bertz CT molecular complexity index is 2550. The maximum absolute atomic E-state index is 13.3. The molecule has 6 aliphatic rings. The topological polar surface area (TPSA) is 155 Å². The third-order valence-corrected chi connectivity index (χ3v) is 15.0. The molecule has 330 valence electrons. The van der Waals surface area contributed by atoms with Gasteiger partial charge in [-0.05, 0) is 111 Å². The summed E-state index contributed by atoms with van der Waals surface area (Å²) in [5.41, 5.74) is 4.98. The van der Waals surface area contributed by atoms with Gasteiger partial charge >= 0.3 is 0 Å². The monoisotopic (exact) mass is 881 g/mol. The number of amides is 4. The molecule has 15 heteroatoms. The van der Waals surface area contributed by atoms with E-state index in [1.165, 1.54) is 25.7 Å². The van der Waals surface area contributed by atoms with Gasteiger partial charge in [0.05, 0.1) is 28.5 Å². The second kappa shape index (κ2) is 16.6. The van der Waals surface area contributed by atoms with Crippen molar-refractivity contribution in [3.8, 4) is 11.8 Å². The number of rotatable bonds is 10. The van der Waals surface area contributed by atoms with Crippen molar-refractivity contribution in [2.75, 3.05) is 62.2 Å².